The van der Waals surface area contributed by atoms with Gasteiger partial charge < -0.3 is 14.8 Å². The van der Waals surface area contributed by atoms with Crippen LogP contribution in [0.2, 0.25) is 0 Å². The van der Waals surface area contributed by atoms with Crippen LogP contribution in [0.5, 0.6) is 5.75 Å². The molecule has 0 spiro atoms. The number of hydrogen-bond acceptors (Lipinski definition) is 4. The molecule has 0 radical (unpaired) electrons. The monoisotopic (exact) mass is 300 g/mol. The van der Waals surface area contributed by atoms with Crippen molar-refractivity contribution in [3.05, 3.63) is 35.5 Å². The second-order valence-corrected chi connectivity index (χ2v) is 5.63. The zero-order valence-electron chi connectivity index (χ0n) is 12.9. The van der Waals surface area contributed by atoms with E-state index in [1.54, 1.807) is 7.11 Å². The van der Waals surface area contributed by atoms with E-state index in [-0.39, 0.29) is 5.91 Å². The van der Waals surface area contributed by atoms with Gasteiger partial charge in [0.2, 0.25) is 0 Å². The van der Waals surface area contributed by atoms with Crippen LogP contribution >= 0.6 is 0 Å². The molecule has 1 amide bonds. The molecule has 1 aromatic heterocycles. The van der Waals surface area contributed by atoms with E-state index in [1.165, 1.54) is 0 Å². The first-order chi connectivity index (χ1) is 10.7. The number of carbonyl (C=O) groups is 1. The normalized spacial score (nSPS) is 17.6. The van der Waals surface area contributed by atoms with Crippen LogP contribution in [-0.4, -0.2) is 37.8 Å². The van der Waals surface area contributed by atoms with Crippen LogP contribution in [0.4, 0.5) is 0 Å². The highest BCUT2D eigenvalue weighted by Gasteiger charge is 2.18. The van der Waals surface area contributed by atoms with Gasteiger partial charge >= 0.3 is 0 Å². The van der Waals surface area contributed by atoms with E-state index in [9.17, 15) is 4.79 Å². The topological polar surface area (TPSA) is 60.5 Å². The molecule has 1 aromatic carbocycles. The minimum absolute atomic E-state index is 0.0624. The Morgan fingerprint density at radius 1 is 1.45 bits per heavy atom. The van der Waals surface area contributed by atoms with Gasteiger partial charge in [-0.1, -0.05) is 0 Å². The van der Waals surface area contributed by atoms with Crippen molar-refractivity contribution in [1.29, 1.82) is 0 Å². The van der Waals surface area contributed by atoms with Crippen LogP contribution in [0.25, 0.3) is 10.9 Å². The summed E-state index contributed by atoms with van der Waals surface area (Å²) in [7, 11) is 1.62. The van der Waals surface area contributed by atoms with Gasteiger partial charge in [-0.15, -0.1) is 0 Å². The number of amides is 1. The number of aromatic nitrogens is 1. The van der Waals surface area contributed by atoms with E-state index >= 15 is 0 Å². The van der Waals surface area contributed by atoms with Gasteiger partial charge in [0.1, 0.15) is 5.75 Å². The quantitative estimate of drug-likeness (QED) is 0.941. The molecule has 1 atom stereocenters. The molecule has 116 valence electrons. The molecule has 0 aliphatic carbocycles. The summed E-state index contributed by atoms with van der Waals surface area (Å²) in [6.45, 7) is 4.06. The van der Waals surface area contributed by atoms with Gasteiger partial charge in [-0.3, -0.25) is 9.78 Å². The van der Waals surface area contributed by atoms with E-state index in [4.69, 9.17) is 9.47 Å². The minimum atomic E-state index is -0.0624. The fourth-order valence-corrected chi connectivity index (χ4v) is 2.73. The Bertz CT molecular complexity index is 694. The highest BCUT2D eigenvalue weighted by atomic mass is 16.5. The number of methoxy groups -OCH3 is 1. The number of nitrogens with one attached hydrogen (secondary N) is 1. The maximum absolute atomic E-state index is 12.5. The number of benzene rings is 1. The van der Waals surface area contributed by atoms with Crippen LogP contribution in [0.1, 0.15) is 22.5 Å². The van der Waals surface area contributed by atoms with Gasteiger partial charge in [0.25, 0.3) is 5.91 Å². The first kappa shape index (κ1) is 14.8. The Labute approximate surface area is 129 Å². The Kier molecular flexibility index (Phi) is 4.24. The summed E-state index contributed by atoms with van der Waals surface area (Å²) in [5.74, 6) is 1.09. The fourth-order valence-electron chi connectivity index (χ4n) is 2.73. The Hall–Kier alpha value is -2.14. The number of carbonyl (C=O) groups excluding carboxylic acids is 1. The van der Waals surface area contributed by atoms with Gasteiger partial charge in [-0.2, -0.15) is 0 Å². The van der Waals surface area contributed by atoms with Crippen molar-refractivity contribution < 1.29 is 14.3 Å². The van der Waals surface area contributed by atoms with Gasteiger partial charge in [0, 0.05) is 36.2 Å². The van der Waals surface area contributed by atoms with E-state index in [1.807, 2.05) is 31.2 Å². The molecule has 1 fully saturated rings. The largest absolute Gasteiger partial charge is 0.497 e. The average molecular weight is 300 g/mol. The smallest absolute Gasteiger partial charge is 0.252 e. The zero-order valence-corrected chi connectivity index (χ0v) is 12.9. The van der Waals surface area contributed by atoms with Crippen LogP contribution < -0.4 is 10.1 Å². The molecule has 2 aromatic rings. The molecule has 5 nitrogen and oxygen atoms in total. The molecule has 0 bridgehead atoms. The number of nitrogens with zero attached hydrogens (tertiary/aromatic N) is 1. The highest BCUT2D eigenvalue weighted by molar-refractivity contribution is 6.06. The average Bonchev–Trinajstić information content (AvgIpc) is 3.04. The second-order valence-electron chi connectivity index (χ2n) is 5.63. The molecule has 0 unspecified atom stereocenters. The number of aryl methyl sites for hydroxylation is 1. The fraction of sp³-hybridized carbons (Fsp3) is 0.412. The third-order valence-corrected chi connectivity index (χ3v) is 3.97. The van der Waals surface area contributed by atoms with Crippen molar-refractivity contribution in [3.8, 4) is 5.75 Å². The van der Waals surface area contributed by atoms with Crippen molar-refractivity contribution in [2.45, 2.75) is 13.3 Å². The first-order valence-electron chi connectivity index (χ1n) is 7.48. The Morgan fingerprint density at radius 3 is 3.05 bits per heavy atom. The molecular weight excluding hydrogens is 280 g/mol. The van der Waals surface area contributed by atoms with Crippen LogP contribution in [-0.2, 0) is 4.74 Å². The van der Waals surface area contributed by atoms with E-state index < -0.39 is 0 Å². The van der Waals surface area contributed by atoms with Crippen molar-refractivity contribution in [3.63, 3.8) is 0 Å². The molecule has 2 heterocycles. The van der Waals surface area contributed by atoms with E-state index in [0.717, 1.165) is 42.0 Å². The molecule has 5 heteroatoms. The molecule has 0 saturated carbocycles. The number of rotatable bonds is 4. The molecule has 1 aliphatic heterocycles. The summed E-state index contributed by atoms with van der Waals surface area (Å²) in [5.41, 5.74) is 2.24. The minimum Gasteiger partial charge on any atom is -0.497 e. The van der Waals surface area contributed by atoms with Gasteiger partial charge in [-0.05, 0) is 31.5 Å². The Balaban J connectivity index is 1.86. The SMILES string of the molecule is COc1ccc2c(C(=O)NC[C@H]3CCOC3)cc(C)nc2c1. The van der Waals surface area contributed by atoms with Crippen LogP contribution in [0.15, 0.2) is 24.3 Å². The summed E-state index contributed by atoms with van der Waals surface area (Å²) in [6.07, 6.45) is 1.01. The van der Waals surface area contributed by atoms with Gasteiger partial charge in [0.15, 0.2) is 0 Å². The third kappa shape index (κ3) is 3.04. The highest BCUT2D eigenvalue weighted by Crippen LogP contribution is 2.23. The van der Waals surface area contributed by atoms with Gasteiger partial charge in [0.05, 0.1) is 24.8 Å². The molecule has 22 heavy (non-hydrogen) atoms. The number of pyridine rings is 1. The van der Waals surface area contributed by atoms with Crippen LogP contribution in [0.3, 0.4) is 0 Å². The lowest BCUT2D eigenvalue weighted by Gasteiger charge is -2.12. The second kappa shape index (κ2) is 6.32. The lowest BCUT2D eigenvalue weighted by atomic mass is 10.1. The maximum atomic E-state index is 12.5. The summed E-state index contributed by atoms with van der Waals surface area (Å²) in [4.78, 5) is 17.0. The molecule has 1 N–H and O–H groups in total. The van der Waals surface area contributed by atoms with Crippen molar-refractivity contribution in [2.75, 3.05) is 26.9 Å². The predicted molar refractivity (Wildman–Crippen MR) is 84.3 cm³/mol. The summed E-state index contributed by atoms with van der Waals surface area (Å²) >= 11 is 0. The number of fused-ring (bicyclic) bond motifs is 1. The summed E-state index contributed by atoms with van der Waals surface area (Å²) < 4.78 is 10.6. The lowest BCUT2D eigenvalue weighted by Crippen LogP contribution is -2.29. The van der Waals surface area contributed by atoms with Crippen LogP contribution in [0, 0.1) is 12.8 Å². The van der Waals surface area contributed by atoms with Gasteiger partial charge in [-0.25, -0.2) is 0 Å². The summed E-state index contributed by atoms with van der Waals surface area (Å²) in [5, 5.41) is 3.85. The number of ether oxygens (including phenoxy) is 2. The summed E-state index contributed by atoms with van der Waals surface area (Å²) in [6, 6.07) is 7.41. The van der Waals surface area contributed by atoms with Crippen molar-refractivity contribution in [2.24, 2.45) is 5.92 Å². The lowest BCUT2D eigenvalue weighted by molar-refractivity contribution is 0.0946. The third-order valence-electron chi connectivity index (χ3n) is 3.97. The molecular formula is C17H20N2O3. The predicted octanol–water partition coefficient (Wildman–Crippen LogP) is 2.32. The maximum Gasteiger partial charge on any atom is 0.252 e. The molecule has 1 saturated heterocycles. The molecule has 1 aliphatic rings. The standard InChI is InChI=1S/C17H20N2O3/c1-11-7-15(17(20)18-9-12-5-6-22-10-12)14-4-3-13(21-2)8-16(14)19-11/h3-4,7-8,12H,5-6,9-10H2,1-2H3,(H,18,20)/t12-/m1/s1. The van der Waals surface area contributed by atoms with E-state index in [2.05, 4.69) is 10.3 Å². The number of hydrogen-bond donors (Lipinski definition) is 1. The van der Waals surface area contributed by atoms with Crippen molar-refractivity contribution in [1.82, 2.24) is 10.3 Å². The first-order valence-corrected chi connectivity index (χ1v) is 7.48. The van der Waals surface area contributed by atoms with Crippen molar-refractivity contribution >= 4 is 16.8 Å². The van der Waals surface area contributed by atoms with E-state index in [0.29, 0.717) is 18.0 Å². The molecule has 3 rings (SSSR count). The zero-order chi connectivity index (χ0) is 15.5. The Morgan fingerprint density at radius 2 is 2.32 bits per heavy atom.